The number of carboxylic acid groups (broad SMARTS) is 1. The molecular weight excluding hydrogens is 306 g/mol. The van der Waals surface area contributed by atoms with Crippen molar-refractivity contribution in [2.45, 2.75) is 13.3 Å². The van der Waals surface area contributed by atoms with Gasteiger partial charge in [0.15, 0.2) is 0 Å². The maximum atomic E-state index is 11.1. The third kappa shape index (κ3) is 5.61. The fraction of sp³-hybridized carbons (Fsp3) is 0.158. The molecule has 0 bridgehead atoms. The summed E-state index contributed by atoms with van der Waals surface area (Å²) >= 11 is 0. The molecule has 0 spiro atoms. The van der Waals surface area contributed by atoms with E-state index in [0.29, 0.717) is 17.9 Å². The largest absolute Gasteiger partial charge is 0.493 e. The van der Waals surface area contributed by atoms with E-state index in [1.165, 1.54) is 18.6 Å². The van der Waals surface area contributed by atoms with Gasteiger partial charge >= 0.3 is 5.97 Å². The first-order chi connectivity index (χ1) is 11.5. The molecule has 2 aromatic rings. The molecule has 1 amide bonds. The van der Waals surface area contributed by atoms with Crippen LogP contribution in [-0.4, -0.2) is 23.6 Å². The fourth-order valence-corrected chi connectivity index (χ4v) is 2.10. The highest BCUT2D eigenvalue weighted by molar-refractivity contribution is 5.96. The SMILES string of the molecule is CC(=O)NC(=Cc1ccc(OCCc2ccccc2)cc1)C(=O)O. The van der Waals surface area contributed by atoms with Gasteiger partial charge in [0.1, 0.15) is 11.4 Å². The van der Waals surface area contributed by atoms with E-state index in [4.69, 9.17) is 9.84 Å². The lowest BCUT2D eigenvalue weighted by molar-refractivity contribution is -0.134. The average Bonchev–Trinajstić information content (AvgIpc) is 2.56. The molecule has 124 valence electrons. The summed E-state index contributed by atoms with van der Waals surface area (Å²) in [7, 11) is 0. The molecule has 0 unspecified atom stereocenters. The van der Waals surface area contributed by atoms with Gasteiger partial charge in [0, 0.05) is 13.3 Å². The smallest absolute Gasteiger partial charge is 0.352 e. The molecule has 0 aliphatic heterocycles. The Balaban J connectivity index is 1.94. The van der Waals surface area contributed by atoms with Gasteiger partial charge in [0.25, 0.3) is 0 Å². The van der Waals surface area contributed by atoms with Gasteiger partial charge < -0.3 is 15.2 Å². The monoisotopic (exact) mass is 325 g/mol. The van der Waals surface area contributed by atoms with Crippen LogP contribution in [0, 0.1) is 0 Å². The van der Waals surface area contributed by atoms with Gasteiger partial charge in [-0.3, -0.25) is 4.79 Å². The molecule has 2 rings (SSSR count). The lowest BCUT2D eigenvalue weighted by Gasteiger charge is -2.07. The van der Waals surface area contributed by atoms with E-state index in [-0.39, 0.29) is 5.70 Å². The van der Waals surface area contributed by atoms with E-state index in [9.17, 15) is 9.59 Å². The predicted octanol–water partition coefficient (Wildman–Crippen LogP) is 2.87. The summed E-state index contributed by atoms with van der Waals surface area (Å²) in [4.78, 5) is 22.1. The number of rotatable bonds is 7. The van der Waals surface area contributed by atoms with E-state index in [1.807, 2.05) is 30.3 Å². The van der Waals surface area contributed by atoms with Crippen LogP contribution in [0.1, 0.15) is 18.1 Å². The van der Waals surface area contributed by atoms with Gasteiger partial charge in [0.2, 0.25) is 5.91 Å². The zero-order valence-electron chi connectivity index (χ0n) is 13.4. The van der Waals surface area contributed by atoms with Crippen molar-refractivity contribution in [3.05, 3.63) is 71.4 Å². The number of hydrogen-bond donors (Lipinski definition) is 2. The van der Waals surface area contributed by atoms with Gasteiger partial charge in [-0.05, 0) is 29.3 Å². The Labute approximate surface area is 140 Å². The molecular formula is C19H19NO4. The minimum absolute atomic E-state index is 0.166. The lowest BCUT2D eigenvalue weighted by Crippen LogP contribution is -2.24. The van der Waals surface area contributed by atoms with Crippen molar-refractivity contribution in [3.8, 4) is 5.75 Å². The van der Waals surface area contributed by atoms with Crippen molar-refractivity contribution in [2.24, 2.45) is 0 Å². The minimum atomic E-state index is -1.19. The van der Waals surface area contributed by atoms with E-state index >= 15 is 0 Å². The zero-order chi connectivity index (χ0) is 17.4. The van der Waals surface area contributed by atoms with Crippen LogP contribution < -0.4 is 10.1 Å². The van der Waals surface area contributed by atoms with Crippen LogP contribution in [0.3, 0.4) is 0 Å². The first-order valence-electron chi connectivity index (χ1n) is 7.54. The molecule has 0 aromatic heterocycles. The number of carboxylic acids is 1. The third-order valence-corrected chi connectivity index (χ3v) is 3.23. The molecule has 0 fully saturated rings. The number of amides is 1. The summed E-state index contributed by atoms with van der Waals surface area (Å²) in [5.41, 5.74) is 1.70. The van der Waals surface area contributed by atoms with Gasteiger partial charge in [-0.15, -0.1) is 0 Å². The first kappa shape index (κ1) is 17.3. The molecule has 0 aliphatic rings. The Morgan fingerprint density at radius 1 is 1.08 bits per heavy atom. The van der Waals surface area contributed by atoms with Crippen molar-refractivity contribution < 1.29 is 19.4 Å². The van der Waals surface area contributed by atoms with Crippen molar-refractivity contribution >= 4 is 18.0 Å². The van der Waals surface area contributed by atoms with E-state index in [1.54, 1.807) is 24.3 Å². The highest BCUT2D eigenvalue weighted by Gasteiger charge is 2.08. The highest BCUT2D eigenvalue weighted by atomic mass is 16.5. The van der Waals surface area contributed by atoms with Crippen LogP contribution in [0.25, 0.3) is 6.08 Å². The molecule has 2 aromatic carbocycles. The number of ether oxygens (including phenoxy) is 1. The minimum Gasteiger partial charge on any atom is -0.493 e. The van der Waals surface area contributed by atoms with Crippen LogP contribution in [0.2, 0.25) is 0 Å². The quantitative estimate of drug-likeness (QED) is 0.768. The normalized spacial score (nSPS) is 11.0. The van der Waals surface area contributed by atoms with Crippen molar-refractivity contribution in [1.29, 1.82) is 0 Å². The molecule has 0 heterocycles. The van der Waals surface area contributed by atoms with Gasteiger partial charge in [0.05, 0.1) is 6.61 Å². The number of carbonyl (C=O) groups is 2. The van der Waals surface area contributed by atoms with Crippen LogP contribution in [0.4, 0.5) is 0 Å². The molecule has 5 nitrogen and oxygen atoms in total. The Kier molecular flexibility index (Phi) is 6.14. The summed E-state index contributed by atoms with van der Waals surface area (Å²) in [5.74, 6) is -0.905. The van der Waals surface area contributed by atoms with Gasteiger partial charge in [-0.25, -0.2) is 4.79 Å². The molecule has 2 N–H and O–H groups in total. The molecule has 0 saturated carbocycles. The second kappa shape index (κ2) is 8.53. The zero-order valence-corrected chi connectivity index (χ0v) is 13.4. The van der Waals surface area contributed by atoms with Crippen LogP contribution in [0.5, 0.6) is 5.75 Å². The van der Waals surface area contributed by atoms with E-state index in [2.05, 4.69) is 5.32 Å². The van der Waals surface area contributed by atoms with Crippen LogP contribution >= 0.6 is 0 Å². The third-order valence-electron chi connectivity index (χ3n) is 3.23. The Hall–Kier alpha value is -3.08. The van der Waals surface area contributed by atoms with Crippen molar-refractivity contribution in [1.82, 2.24) is 5.32 Å². The lowest BCUT2D eigenvalue weighted by atomic mass is 10.1. The maximum Gasteiger partial charge on any atom is 0.352 e. The fourth-order valence-electron chi connectivity index (χ4n) is 2.10. The topological polar surface area (TPSA) is 75.6 Å². The average molecular weight is 325 g/mol. The van der Waals surface area contributed by atoms with Gasteiger partial charge in [-0.1, -0.05) is 42.5 Å². The molecule has 0 radical (unpaired) electrons. The Morgan fingerprint density at radius 3 is 2.33 bits per heavy atom. The van der Waals surface area contributed by atoms with Crippen LogP contribution in [0.15, 0.2) is 60.3 Å². The molecule has 24 heavy (non-hydrogen) atoms. The van der Waals surface area contributed by atoms with Crippen molar-refractivity contribution in [2.75, 3.05) is 6.61 Å². The molecule has 5 heteroatoms. The van der Waals surface area contributed by atoms with E-state index < -0.39 is 11.9 Å². The predicted molar refractivity (Wildman–Crippen MR) is 91.5 cm³/mol. The van der Waals surface area contributed by atoms with Crippen LogP contribution in [-0.2, 0) is 16.0 Å². The number of aliphatic carboxylic acids is 1. The standard InChI is InChI=1S/C19H19NO4/c1-14(21)20-18(19(22)23)13-16-7-9-17(10-8-16)24-12-11-15-5-3-2-4-6-15/h2-10,13H,11-12H2,1H3,(H,20,21)(H,22,23). The van der Waals surface area contributed by atoms with Crippen molar-refractivity contribution in [3.63, 3.8) is 0 Å². The van der Waals surface area contributed by atoms with E-state index in [0.717, 1.165) is 6.42 Å². The number of benzene rings is 2. The Bertz CT molecular complexity index is 721. The summed E-state index contributed by atoms with van der Waals surface area (Å²) in [5, 5.41) is 11.3. The molecule has 0 aliphatic carbocycles. The maximum absolute atomic E-state index is 11.1. The Morgan fingerprint density at radius 2 is 1.75 bits per heavy atom. The number of carbonyl (C=O) groups excluding carboxylic acids is 1. The van der Waals surface area contributed by atoms with Gasteiger partial charge in [-0.2, -0.15) is 0 Å². The summed E-state index contributed by atoms with van der Waals surface area (Å²) in [6, 6.07) is 17.1. The summed E-state index contributed by atoms with van der Waals surface area (Å²) in [6.45, 7) is 1.83. The first-order valence-corrected chi connectivity index (χ1v) is 7.54. The highest BCUT2D eigenvalue weighted by Crippen LogP contribution is 2.15. The molecule has 0 atom stereocenters. The number of nitrogens with one attached hydrogen (secondary N) is 1. The second-order valence-corrected chi connectivity index (χ2v) is 5.20. The molecule has 0 saturated heterocycles. The second-order valence-electron chi connectivity index (χ2n) is 5.20. The summed E-state index contributed by atoms with van der Waals surface area (Å²) < 4.78 is 5.68. The number of hydrogen-bond acceptors (Lipinski definition) is 3. The summed E-state index contributed by atoms with van der Waals surface area (Å²) in [6.07, 6.45) is 2.21.